The summed E-state index contributed by atoms with van der Waals surface area (Å²) in [7, 11) is 0. The van der Waals surface area contributed by atoms with Crippen molar-refractivity contribution in [2.75, 3.05) is 6.54 Å². The van der Waals surface area contributed by atoms with Gasteiger partial charge in [0.2, 0.25) is 11.8 Å². The van der Waals surface area contributed by atoms with Crippen LogP contribution < -0.4 is 5.32 Å². The number of hydrogen-bond donors (Lipinski definition) is 3. The average molecular weight is 380 g/mol. The number of fused-ring (bicyclic) bond motifs is 1. The van der Waals surface area contributed by atoms with Crippen LogP contribution >= 0.6 is 11.8 Å². The lowest BCUT2D eigenvalue weighted by molar-refractivity contribution is -0.163. The van der Waals surface area contributed by atoms with Gasteiger partial charge in [-0.1, -0.05) is 12.1 Å². The second kappa shape index (κ2) is 6.36. The Morgan fingerprint density at radius 2 is 2.31 bits per heavy atom. The molecule has 140 valence electrons. The highest BCUT2D eigenvalue weighted by molar-refractivity contribution is 8.03. The number of aliphatic hydroxyl groups is 1. The fourth-order valence-corrected chi connectivity index (χ4v) is 5.65. The summed E-state index contributed by atoms with van der Waals surface area (Å²) in [4.78, 5) is 30.3. The zero-order chi connectivity index (χ0) is 18.6. The van der Waals surface area contributed by atoms with Crippen LogP contribution in [0.1, 0.15) is 32.2 Å². The van der Waals surface area contributed by atoms with Gasteiger partial charge in [0.05, 0.1) is 24.1 Å². The van der Waals surface area contributed by atoms with E-state index in [0.29, 0.717) is 17.3 Å². The van der Waals surface area contributed by atoms with Crippen LogP contribution in [-0.2, 0) is 9.59 Å². The fourth-order valence-electron chi connectivity index (χ4n) is 4.17. The zero-order valence-electron chi connectivity index (χ0n) is 14.3. The summed E-state index contributed by atoms with van der Waals surface area (Å²) >= 11 is 1.49. The molecule has 9 nitrogen and oxygen atoms in total. The van der Waals surface area contributed by atoms with Gasteiger partial charge in [-0.05, 0) is 13.3 Å². The van der Waals surface area contributed by atoms with Crippen molar-refractivity contribution in [3.8, 4) is 0 Å². The normalized spacial score (nSPS) is 34.8. The highest BCUT2D eigenvalue weighted by Crippen LogP contribution is 2.52. The topological polar surface area (TPSA) is 129 Å². The van der Waals surface area contributed by atoms with Crippen LogP contribution in [0.4, 0.5) is 0 Å². The van der Waals surface area contributed by atoms with Crippen LogP contribution in [0.3, 0.4) is 0 Å². The number of nitrogens with one attached hydrogen (secondary N) is 1. The number of carboxylic acids is 1. The maximum atomic E-state index is 12.4. The van der Waals surface area contributed by atoms with Gasteiger partial charge < -0.3 is 25.0 Å². The molecule has 1 aromatic heterocycles. The first-order chi connectivity index (χ1) is 12.4. The molecule has 2 saturated heterocycles. The molecule has 26 heavy (non-hydrogen) atoms. The molecule has 4 heterocycles. The Balaban J connectivity index is 1.54. The summed E-state index contributed by atoms with van der Waals surface area (Å²) in [6.45, 7) is 4.18. The van der Waals surface area contributed by atoms with Gasteiger partial charge in [0.1, 0.15) is 5.70 Å². The molecule has 3 aliphatic rings. The van der Waals surface area contributed by atoms with Crippen molar-refractivity contribution in [2.24, 2.45) is 11.8 Å². The van der Waals surface area contributed by atoms with Gasteiger partial charge in [-0.15, -0.1) is 11.8 Å². The van der Waals surface area contributed by atoms with E-state index >= 15 is 0 Å². The largest absolute Gasteiger partial charge is 0.477 e. The molecule has 1 aromatic rings. The third kappa shape index (κ3) is 2.55. The maximum Gasteiger partial charge on any atom is 0.353 e. The first-order valence-electron chi connectivity index (χ1n) is 8.55. The van der Waals surface area contributed by atoms with Crippen molar-refractivity contribution >= 4 is 23.6 Å². The number of β-lactam (4-membered cyclic amide) rings is 1. The minimum Gasteiger partial charge on any atom is -0.477 e. The summed E-state index contributed by atoms with van der Waals surface area (Å²) in [5.41, 5.74) is 0.0654. The van der Waals surface area contributed by atoms with Crippen molar-refractivity contribution in [1.29, 1.82) is 0 Å². The molecule has 2 unspecified atom stereocenters. The summed E-state index contributed by atoms with van der Waals surface area (Å²) in [5.74, 6) is -1.54. The minimum absolute atomic E-state index is 0.0514. The predicted molar refractivity (Wildman–Crippen MR) is 90.7 cm³/mol. The second-order valence-electron chi connectivity index (χ2n) is 6.99. The number of rotatable bonds is 5. The second-order valence-corrected chi connectivity index (χ2v) is 8.33. The van der Waals surface area contributed by atoms with Crippen LogP contribution in [0, 0.1) is 11.8 Å². The third-order valence-electron chi connectivity index (χ3n) is 5.37. The van der Waals surface area contributed by atoms with E-state index in [9.17, 15) is 19.8 Å². The molecular formula is C16H20N4O5S. The fraction of sp³-hybridized carbons (Fsp3) is 0.625. The lowest BCUT2D eigenvalue weighted by Crippen LogP contribution is -2.63. The van der Waals surface area contributed by atoms with Crippen LogP contribution in [0.15, 0.2) is 21.5 Å². The lowest BCUT2D eigenvalue weighted by Gasteiger charge is -2.46. The molecule has 6 atom stereocenters. The third-order valence-corrected chi connectivity index (χ3v) is 6.88. The van der Waals surface area contributed by atoms with Gasteiger partial charge in [0.15, 0.2) is 6.33 Å². The van der Waals surface area contributed by atoms with E-state index in [1.165, 1.54) is 23.0 Å². The smallest absolute Gasteiger partial charge is 0.353 e. The standard InChI is InChI=1S/C16H20N4O5S/c1-6-11-10(7(2)21)15(22)20(11)12(16(23)24)13(6)26-8-3-9(17-4-8)14-18-5-19-25-14/h5-11,17,21H,3-4H2,1-2H3,(H,23,24)/t6-,7-,8+,9+,10?,11?/m1/s1. The Morgan fingerprint density at radius 3 is 2.92 bits per heavy atom. The zero-order valence-corrected chi connectivity index (χ0v) is 15.1. The van der Waals surface area contributed by atoms with E-state index in [0.717, 1.165) is 6.42 Å². The number of thioether (sulfide) groups is 1. The number of carboxylic acid groups (broad SMARTS) is 1. The van der Waals surface area contributed by atoms with E-state index in [-0.39, 0.29) is 34.9 Å². The Kier molecular flexibility index (Phi) is 4.28. The van der Waals surface area contributed by atoms with Gasteiger partial charge in [0, 0.05) is 22.6 Å². The minimum atomic E-state index is -1.10. The van der Waals surface area contributed by atoms with Crippen LogP contribution in [0.5, 0.6) is 0 Å². The Labute approximate surface area is 153 Å². The molecule has 0 aliphatic carbocycles. The number of hydrogen-bond acceptors (Lipinski definition) is 8. The van der Waals surface area contributed by atoms with E-state index in [4.69, 9.17) is 4.52 Å². The number of aromatic nitrogens is 2. The molecular weight excluding hydrogens is 360 g/mol. The molecule has 0 aromatic carbocycles. The number of aliphatic hydroxyl groups excluding tert-OH is 1. The van der Waals surface area contributed by atoms with Crippen molar-refractivity contribution in [3.05, 3.63) is 22.8 Å². The Morgan fingerprint density at radius 1 is 1.54 bits per heavy atom. The van der Waals surface area contributed by atoms with Crippen LogP contribution in [0.25, 0.3) is 0 Å². The van der Waals surface area contributed by atoms with Crippen molar-refractivity contribution in [2.45, 2.75) is 43.7 Å². The summed E-state index contributed by atoms with van der Waals surface area (Å²) in [6, 6.07) is -0.332. The van der Waals surface area contributed by atoms with Crippen LogP contribution in [-0.4, -0.2) is 61.1 Å². The number of carbonyl (C=O) groups excluding carboxylic acids is 1. The molecule has 0 radical (unpaired) electrons. The highest BCUT2D eigenvalue weighted by atomic mass is 32.2. The monoisotopic (exact) mass is 380 g/mol. The summed E-state index contributed by atoms with van der Waals surface area (Å²) < 4.78 is 5.10. The molecule has 0 saturated carbocycles. The van der Waals surface area contributed by atoms with Gasteiger partial charge in [-0.25, -0.2) is 4.79 Å². The van der Waals surface area contributed by atoms with Gasteiger partial charge in [0.25, 0.3) is 0 Å². The van der Waals surface area contributed by atoms with Crippen molar-refractivity contribution in [1.82, 2.24) is 20.4 Å². The van der Waals surface area contributed by atoms with E-state index in [1.54, 1.807) is 6.92 Å². The summed E-state index contributed by atoms with van der Waals surface area (Å²) in [6.07, 6.45) is 1.30. The number of carbonyl (C=O) groups is 2. The quantitative estimate of drug-likeness (QED) is 0.620. The van der Waals surface area contributed by atoms with Gasteiger partial charge in [-0.2, -0.15) is 4.98 Å². The van der Waals surface area contributed by atoms with E-state index in [1.807, 2.05) is 6.92 Å². The summed E-state index contributed by atoms with van der Waals surface area (Å²) in [5, 5.41) is 26.6. The highest BCUT2D eigenvalue weighted by Gasteiger charge is 2.60. The Bertz CT molecular complexity index is 765. The number of nitrogens with zero attached hydrogens (tertiary/aromatic N) is 3. The predicted octanol–water partition coefficient (Wildman–Crippen LogP) is 0.359. The maximum absolute atomic E-state index is 12.4. The average Bonchev–Trinajstić information content (AvgIpc) is 3.28. The van der Waals surface area contributed by atoms with E-state index < -0.39 is 18.0 Å². The van der Waals surface area contributed by atoms with Crippen LogP contribution in [0.2, 0.25) is 0 Å². The SMILES string of the molecule is C[C@@H](O)C1C(=O)N2C(C(=O)O)=C(S[C@@H]3CN[C@H](c4ncno4)C3)[C@H](C)C12. The molecule has 2 fully saturated rings. The molecule has 10 heteroatoms. The first kappa shape index (κ1) is 17.5. The number of aliphatic carboxylic acids is 1. The molecule has 4 rings (SSSR count). The van der Waals surface area contributed by atoms with E-state index in [2.05, 4.69) is 15.5 Å². The molecule has 3 aliphatic heterocycles. The molecule has 0 spiro atoms. The van der Waals surface area contributed by atoms with Crippen molar-refractivity contribution < 1.29 is 24.3 Å². The van der Waals surface area contributed by atoms with Crippen molar-refractivity contribution in [3.63, 3.8) is 0 Å². The Hall–Kier alpha value is -1.91. The number of amides is 1. The van der Waals surface area contributed by atoms with Gasteiger partial charge in [-0.3, -0.25) is 4.79 Å². The molecule has 1 amide bonds. The lowest BCUT2D eigenvalue weighted by atomic mass is 9.79. The molecule has 3 N–H and O–H groups in total. The first-order valence-corrected chi connectivity index (χ1v) is 9.43. The van der Waals surface area contributed by atoms with Gasteiger partial charge >= 0.3 is 5.97 Å². The molecule has 0 bridgehead atoms.